The Morgan fingerprint density at radius 3 is 2.83 bits per heavy atom. The van der Waals surface area contributed by atoms with E-state index in [1.165, 1.54) is 4.88 Å². The van der Waals surface area contributed by atoms with Crippen LogP contribution in [0.15, 0.2) is 10.5 Å². The zero-order chi connectivity index (χ0) is 12.7. The van der Waals surface area contributed by atoms with Gasteiger partial charge in [-0.15, -0.1) is 35.3 Å². The molecule has 18 heavy (non-hydrogen) atoms. The Labute approximate surface area is 129 Å². The lowest BCUT2D eigenvalue weighted by Gasteiger charge is -2.16. The molecule has 1 aromatic heterocycles. The number of halogens is 1. The Hall–Kier alpha value is -0.410. The van der Waals surface area contributed by atoms with Crippen LogP contribution in [0.2, 0.25) is 0 Å². The van der Waals surface area contributed by atoms with E-state index < -0.39 is 0 Å². The highest BCUT2D eigenvalue weighted by Crippen LogP contribution is 2.10. The van der Waals surface area contributed by atoms with Crippen LogP contribution in [-0.2, 0) is 11.3 Å². The van der Waals surface area contributed by atoms with Gasteiger partial charge < -0.3 is 15.4 Å². The topological polar surface area (TPSA) is 58.5 Å². The molecule has 5 nitrogen and oxygen atoms in total. The van der Waals surface area contributed by atoms with Crippen molar-refractivity contribution in [1.29, 1.82) is 0 Å². The van der Waals surface area contributed by atoms with Gasteiger partial charge >= 0.3 is 0 Å². The maximum Gasteiger partial charge on any atom is 0.191 e. The van der Waals surface area contributed by atoms with Gasteiger partial charge in [-0.3, -0.25) is 4.99 Å². The number of nitrogens with one attached hydrogen (secondary N) is 2. The van der Waals surface area contributed by atoms with E-state index in [0.29, 0.717) is 6.61 Å². The first-order chi connectivity index (χ1) is 8.17. The molecule has 2 N–H and O–H groups in total. The molecule has 0 amide bonds. The summed E-state index contributed by atoms with van der Waals surface area (Å²) in [5.74, 6) is 0.780. The average molecular weight is 384 g/mol. The summed E-state index contributed by atoms with van der Waals surface area (Å²) < 4.78 is 5.07. The number of hydrogen-bond donors (Lipinski definition) is 2. The van der Waals surface area contributed by atoms with Crippen molar-refractivity contribution in [2.45, 2.75) is 26.4 Å². The second kappa shape index (κ2) is 9.51. The SMILES string of the molecule is CN=C(NCc1scnc1C)NC(C)COC.I. The number of hydrogen-bond acceptors (Lipinski definition) is 4. The molecule has 1 atom stereocenters. The number of aliphatic imine (C=N–C) groups is 1. The summed E-state index contributed by atoms with van der Waals surface area (Å²) in [5, 5.41) is 6.50. The molecule has 0 radical (unpaired) electrons. The van der Waals surface area contributed by atoms with Crippen LogP contribution in [0, 0.1) is 6.92 Å². The first-order valence-corrected chi connectivity index (χ1v) is 6.40. The molecular weight excluding hydrogens is 363 g/mol. The summed E-state index contributed by atoms with van der Waals surface area (Å²) in [4.78, 5) is 9.60. The predicted molar refractivity (Wildman–Crippen MR) is 86.9 cm³/mol. The molecule has 0 spiro atoms. The highest BCUT2D eigenvalue weighted by atomic mass is 127. The van der Waals surface area contributed by atoms with Crippen molar-refractivity contribution >= 4 is 41.3 Å². The Kier molecular flexibility index (Phi) is 9.29. The third kappa shape index (κ3) is 5.96. The molecule has 1 unspecified atom stereocenters. The zero-order valence-electron chi connectivity index (χ0n) is 11.2. The Balaban J connectivity index is 0.00000289. The molecule has 7 heteroatoms. The molecule has 0 aliphatic carbocycles. The third-order valence-corrected chi connectivity index (χ3v) is 3.22. The van der Waals surface area contributed by atoms with Crippen LogP contribution in [-0.4, -0.2) is 37.7 Å². The fraction of sp³-hybridized carbons (Fsp3) is 0.636. The van der Waals surface area contributed by atoms with Gasteiger partial charge in [0.1, 0.15) is 0 Å². The van der Waals surface area contributed by atoms with Crippen molar-refractivity contribution < 1.29 is 4.74 Å². The van der Waals surface area contributed by atoms with E-state index in [2.05, 4.69) is 20.6 Å². The summed E-state index contributed by atoms with van der Waals surface area (Å²) >= 11 is 1.65. The quantitative estimate of drug-likeness (QED) is 0.462. The molecular formula is C11H21IN4OS. The number of aryl methyl sites for hydroxylation is 1. The standard InChI is InChI=1S/C11H20N4OS.HI/c1-8(6-16-4)15-11(12-3)13-5-10-9(2)14-7-17-10;/h7-8H,5-6H2,1-4H3,(H2,12,13,15);1H. The lowest BCUT2D eigenvalue weighted by Crippen LogP contribution is -2.43. The molecule has 1 aromatic rings. The number of rotatable bonds is 5. The number of thiazole rings is 1. The van der Waals surface area contributed by atoms with Gasteiger partial charge in [0.25, 0.3) is 0 Å². The van der Waals surface area contributed by atoms with Crippen LogP contribution in [0.3, 0.4) is 0 Å². The van der Waals surface area contributed by atoms with Gasteiger partial charge in [-0.2, -0.15) is 0 Å². The summed E-state index contributed by atoms with van der Waals surface area (Å²) in [5.41, 5.74) is 2.93. The lowest BCUT2D eigenvalue weighted by molar-refractivity contribution is 0.179. The van der Waals surface area contributed by atoms with E-state index in [4.69, 9.17) is 4.74 Å². The normalized spacial score (nSPS) is 12.8. The van der Waals surface area contributed by atoms with Gasteiger partial charge in [-0.1, -0.05) is 0 Å². The van der Waals surface area contributed by atoms with Crippen molar-refractivity contribution in [3.63, 3.8) is 0 Å². The van der Waals surface area contributed by atoms with Crippen LogP contribution in [0.25, 0.3) is 0 Å². The van der Waals surface area contributed by atoms with Gasteiger partial charge in [0, 0.05) is 25.1 Å². The van der Waals surface area contributed by atoms with Gasteiger partial charge in [-0.05, 0) is 13.8 Å². The van der Waals surface area contributed by atoms with E-state index >= 15 is 0 Å². The largest absolute Gasteiger partial charge is 0.383 e. The predicted octanol–water partition coefficient (Wildman–Crippen LogP) is 1.77. The maximum absolute atomic E-state index is 5.07. The minimum absolute atomic E-state index is 0. The maximum atomic E-state index is 5.07. The summed E-state index contributed by atoms with van der Waals surface area (Å²) in [6.07, 6.45) is 0. The first kappa shape index (κ1) is 17.6. The molecule has 0 bridgehead atoms. The molecule has 0 fully saturated rings. The number of nitrogens with zero attached hydrogens (tertiary/aromatic N) is 2. The smallest absolute Gasteiger partial charge is 0.191 e. The minimum Gasteiger partial charge on any atom is -0.383 e. The molecule has 0 aliphatic rings. The molecule has 0 aliphatic heterocycles. The van der Waals surface area contributed by atoms with Crippen LogP contribution >= 0.6 is 35.3 Å². The van der Waals surface area contributed by atoms with Crippen LogP contribution in [0.1, 0.15) is 17.5 Å². The van der Waals surface area contributed by atoms with Gasteiger partial charge in [-0.25, -0.2) is 4.98 Å². The Morgan fingerprint density at radius 2 is 2.33 bits per heavy atom. The van der Waals surface area contributed by atoms with Crippen LogP contribution in [0.5, 0.6) is 0 Å². The molecule has 1 rings (SSSR count). The van der Waals surface area contributed by atoms with Crippen molar-refractivity contribution in [3.05, 3.63) is 16.1 Å². The van der Waals surface area contributed by atoms with E-state index in [0.717, 1.165) is 18.2 Å². The average Bonchev–Trinajstić information content (AvgIpc) is 2.70. The Morgan fingerprint density at radius 1 is 1.61 bits per heavy atom. The summed E-state index contributed by atoms with van der Waals surface area (Å²) in [6, 6.07) is 0.230. The van der Waals surface area contributed by atoms with Crippen molar-refractivity contribution in [1.82, 2.24) is 15.6 Å². The summed E-state index contributed by atoms with van der Waals surface area (Å²) in [6.45, 7) is 5.46. The van der Waals surface area contributed by atoms with Crippen LogP contribution < -0.4 is 10.6 Å². The van der Waals surface area contributed by atoms with Gasteiger partial charge in [0.2, 0.25) is 0 Å². The van der Waals surface area contributed by atoms with Crippen LogP contribution in [0.4, 0.5) is 0 Å². The molecule has 0 saturated carbocycles. The highest BCUT2D eigenvalue weighted by molar-refractivity contribution is 14.0. The van der Waals surface area contributed by atoms with E-state index in [1.807, 2.05) is 19.4 Å². The fourth-order valence-corrected chi connectivity index (χ4v) is 2.10. The molecule has 104 valence electrons. The van der Waals surface area contributed by atoms with Gasteiger partial charge in [0.15, 0.2) is 5.96 Å². The Bertz CT molecular complexity index is 370. The van der Waals surface area contributed by atoms with E-state index in [9.17, 15) is 0 Å². The van der Waals surface area contributed by atoms with Crippen molar-refractivity contribution in [2.75, 3.05) is 20.8 Å². The van der Waals surface area contributed by atoms with Crippen molar-refractivity contribution in [2.24, 2.45) is 4.99 Å². The van der Waals surface area contributed by atoms with E-state index in [-0.39, 0.29) is 30.0 Å². The molecule has 1 heterocycles. The number of methoxy groups -OCH3 is 1. The third-order valence-electron chi connectivity index (χ3n) is 2.28. The molecule has 0 saturated heterocycles. The van der Waals surface area contributed by atoms with Crippen molar-refractivity contribution in [3.8, 4) is 0 Å². The fourth-order valence-electron chi connectivity index (χ4n) is 1.38. The molecule has 0 aromatic carbocycles. The summed E-state index contributed by atoms with van der Waals surface area (Å²) in [7, 11) is 3.45. The monoisotopic (exact) mass is 384 g/mol. The number of aromatic nitrogens is 1. The zero-order valence-corrected chi connectivity index (χ0v) is 14.3. The van der Waals surface area contributed by atoms with Gasteiger partial charge in [0.05, 0.1) is 24.4 Å². The van der Waals surface area contributed by atoms with E-state index in [1.54, 1.807) is 25.5 Å². The second-order valence-electron chi connectivity index (χ2n) is 3.79. The first-order valence-electron chi connectivity index (χ1n) is 5.52. The number of guanidine groups is 1. The lowest BCUT2D eigenvalue weighted by atomic mass is 10.3. The minimum atomic E-state index is 0. The number of ether oxygens (including phenoxy) is 1. The second-order valence-corrected chi connectivity index (χ2v) is 4.73. The highest BCUT2D eigenvalue weighted by Gasteiger charge is 2.06.